The maximum Gasteiger partial charge on any atom is 0.315 e. The molecule has 9 fully saturated rings. The van der Waals surface area contributed by atoms with E-state index in [9.17, 15) is 65.8 Å². The van der Waals surface area contributed by atoms with Crippen molar-refractivity contribution in [3.8, 4) is 0 Å². The van der Waals surface area contributed by atoms with E-state index in [0.29, 0.717) is 31.1 Å². The second-order valence-electron chi connectivity index (χ2n) is 22.6. The van der Waals surface area contributed by atoms with Crippen LogP contribution in [0.1, 0.15) is 92.4 Å². The predicted molar refractivity (Wildman–Crippen MR) is 231 cm³/mol. The van der Waals surface area contributed by atoms with Crippen LogP contribution < -0.4 is 0 Å². The van der Waals surface area contributed by atoms with Gasteiger partial charge in [-0.2, -0.15) is 0 Å². The van der Waals surface area contributed by atoms with Crippen LogP contribution in [0.3, 0.4) is 0 Å². The zero-order valence-electron chi connectivity index (χ0n) is 39.8. The monoisotopic (exact) mass is 986 g/mol. The zero-order valence-corrected chi connectivity index (χ0v) is 39.8. The van der Waals surface area contributed by atoms with Crippen LogP contribution in [0.2, 0.25) is 0 Å². The molecule has 0 unspecified atom stereocenters. The van der Waals surface area contributed by atoms with Crippen molar-refractivity contribution in [3.63, 3.8) is 0 Å². The topological polar surface area (TPSA) is 331 Å². The van der Waals surface area contributed by atoms with E-state index in [0.717, 1.165) is 37.7 Å². The number of aliphatic hydroxyl groups excluding tert-OH is 10. The van der Waals surface area contributed by atoms with Crippen LogP contribution in [0, 0.1) is 45.8 Å². The molecular formula is C48H74O21. The molecule has 0 amide bonds. The van der Waals surface area contributed by atoms with Crippen molar-refractivity contribution in [2.24, 2.45) is 45.8 Å². The lowest BCUT2D eigenvalue weighted by Gasteiger charge is -2.62. The van der Waals surface area contributed by atoms with Gasteiger partial charge in [0.15, 0.2) is 18.9 Å². The van der Waals surface area contributed by atoms with Crippen molar-refractivity contribution >= 4 is 11.9 Å². The van der Waals surface area contributed by atoms with Gasteiger partial charge in [-0.15, -0.1) is 0 Å². The lowest BCUT2D eigenvalue weighted by molar-refractivity contribution is -0.377. The van der Waals surface area contributed by atoms with Crippen LogP contribution in [0.25, 0.3) is 0 Å². The molecule has 10 aliphatic rings. The molecule has 11 N–H and O–H groups in total. The van der Waals surface area contributed by atoms with E-state index in [1.165, 1.54) is 6.92 Å². The van der Waals surface area contributed by atoms with Gasteiger partial charge >= 0.3 is 11.9 Å². The van der Waals surface area contributed by atoms with Gasteiger partial charge in [0, 0.05) is 31.1 Å². The zero-order chi connectivity index (χ0) is 49.9. The number of ether oxygens (including phenoxy) is 8. The van der Waals surface area contributed by atoms with E-state index in [1.807, 2.05) is 6.92 Å². The molecule has 392 valence electrons. The van der Waals surface area contributed by atoms with Gasteiger partial charge in [0.2, 0.25) is 0 Å². The first-order valence-electron chi connectivity index (χ1n) is 24.8. The first-order valence-corrected chi connectivity index (χ1v) is 24.8. The van der Waals surface area contributed by atoms with Gasteiger partial charge in [0.05, 0.1) is 36.9 Å². The number of esters is 2. The lowest BCUT2D eigenvalue weighted by atomic mass is 9.45. The summed E-state index contributed by atoms with van der Waals surface area (Å²) in [6.45, 7) is 7.40. The molecule has 0 aromatic carbocycles. The summed E-state index contributed by atoms with van der Waals surface area (Å²) in [6, 6.07) is 0. The maximum absolute atomic E-state index is 13.1. The third-order valence-electron chi connectivity index (χ3n) is 19.0. The Labute approximate surface area is 400 Å². The van der Waals surface area contributed by atoms with E-state index in [2.05, 4.69) is 19.9 Å². The minimum atomic E-state index is -1.90. The molecule has 4 saturated carbocycles. The highest BCUT2D eigenvalue weighted by atomic mass is 16.8. The fraction of sp³-hybridized carbons (Fsp3) is 0.917. The van der Waals surface area contributed by atoms with Crippen LogP contribution in [0.5, 0.6) is 0 Å². The van der Waals surface area contributed by atoms with Gasteiger partial charge in [0.25, 0.3) is 0 Å². The van der Waals surface area contributed by atoms with Gasteiger partial charge in [-0.25, -0.2) is 0 Å². The first kappa shape index (κ1) is 51.9. The van der Waals surface area contributed by atoms with E-state index < -0.39 is 147 Å². The highest BCUT2D eigenvalue weighted by Crippen LogP contribution is 2.70. The van der Waals surface area contributed by atoms with E-state index >= 15 is 0 Å². The number of aliphatic hydroxyl groups is 11. The Bertz CT molecular complexity index is 1910. The average Bonchev–Trinajstić information content (AvgIpc) is 3.65. The molecule has 5 aliphatic carbocycles. The summed E-state index contributed by atoms with van der Waals surface area (Å²) < 4.78 is 48.0. The van der Waals surface area contributed by atoms with Crippen LogP contribution in [0.15, 0.2) is 11.6 Å². The molecule has 0 aromatic heterocycles. The Morgan fingerprint density at radius 3 is 1.93 bits per heavy atom. The molecule has 0 spiro atoms. The molecule has 0 aromatic rings. The van der Waals surface area contributed by atoms with Crippen LogP contribution in [0.4, 0.5) is 0 Å². The summed E-state index contributed by atoms with van der Waals surface area (Å²) >= 11 is 0. The SMILES string of the molecule is CC(=O)O[C@H]1C[C@H](O[C@@H]2O[C@H](CO[C@@H]3O[C@H](CO)[C@@H](O)[C@H](O)[C@H]3O)[C@@H](O)[C@H](O)[C@H]2O[C@@H]2O[C@H](CO)[C@@H](O)[C@H](O)[C@H]2O)CC2=CC[C@H]3[C@@H]4CC[C@H]([C@H]5C[C@@]6(C)C(=O)O[C@H]5C[C@@]6(C)O)[C@@]4(C)CC[C@@H]3[C@]21C. The summed E-state index contributed by atoms with van der Waals surface area (Å²) in [5.41, 5.74) is -1.73. The first-order chi connectivity index (χ1) is 32.5. The number of carbonyl (C=O) groups excluding carboxylic acids is 2. The molecular weight excluding hydrogens is 913 g/mol. The largest absolute Gasteiger partial charge is 0.462 e. The summed E-state index contributed by atoms with van der Waals surface area (Å²) in [5, 5.41) is 117. The molecule has 27 atom stereocenters. The highest BCUT2D eigenvalue weighted by Gasteiger charge is 2.68. The lowest BCUT2D eigenvalue weighted by Crippen LogP contribution is -2.66. The maximum atomic E-state index is 13.1. The second kappa shape index (κ2) is 19.0. The third-order valence-corrected chi connectivity index (χ3v) is 19.0. The fourth-order valence-corrected chi connectivity index (χ4v) is 14.8. The van der Waals surface area contributed by atoms with E-state index in [-0.39, 0.29) is 41.7 Å². The standard InChI is InChI=1S/C48H74O21/c1-19(51)63-31-13-21(12-20-6-7-22-24-8-9-25(45(24,2)11-10-26(22)48(20,31)5)23-14-46(3)44(60)68-27(23)15-47(46,4)61)64-43-40(69-42-39(59)36(56)33(53)29(17-50)66-42)37(57)34(54)30(67-43)18-62-41-38(58)35(55)32(52)28(16-49)65-41/h6,21-43,49-50,52-59,61H,7-18H2,1-5H3/t21-,22+,23-,24+,25-,26+,27+,28-,29-,30-,31+,32-,33-,34-,35+,36+,37+,38-,39-,40-,41-,42+,43-,45+,46+,47-,48+/m1/s1. The molecule has 21 heteroatoms. The minimum Gasteiger partial charge on any atom is -0.462 e. The summed E-state index contributed by atoms with van der Waals surface area (Å²) in [5.74, 6) is 0.374. The summed E-state index contributed by atoms with van der Waals surface area (Å²) in [4.78, 5) is 26.1. The van der Waals surface area contributed by atoms with Crippen LogP contribution in [-0.2, 0) is 47.5 Å². The number of hydrogen-bond donors (Lipinski definition) is 11. The van der Waals surface area contributed by atoms with Gasteiger partial charge < -0.3 is 94.1 Å². The number of allylic oxidation sites excluding steroid dienone is 1. The smallest absolute Gasteiger partial charge is 0.315 e. The molecule has 10 rings (SSSR count). The summed E-state index contributed by atoms with van der Waals surface area (Å²) in [6.07, 6.45) is -18.7. The van der Waals surface area contributed by atoms with Crippen molar-refractivity contribution in [2.75, 3.05) is 19.8 Å². The van der Waals surface area contributed by atoms with E-state index in [1.54, 1.807) is 6.92 Å². The van der Waals surface area contributed by atoms with Crippen molar-refractivity contribution in [2.45, 2.75) is 208 Å². The van der Waals surface area contributed by atoms with Crippen molar-refractivity contribution in [1.82, 2.24) is 0 Å². The van der Waals surface area contributed by atoms with Gasteiger partial charge in [-0.05, 0) is 87.9 Å². The number of hydrogen-bond acceptors (Lipinski definition) is 21. The van der Waals surface area contributed by atoms with E-state index in [4.69, 9.17) is 37.9 Å². The van der Waals surface area contributed by atoms with Crippen molar-refractivity contribution in [1.29, 1.82) is 0 Å². The molecule has 0 radical (unpaired) electrons. The van der Waals surface area contributed by atoms with Crippen molar-refractivity contribution in [3.05, 3.63) is 11.6 Å². The third kappa shape index (κ3) is 8.53. The molecule has 69 heavy (non-hydrogen) atoms. The Hall–Kier alpha value is -2.00. The minimum absolute atomic E-state index is 0.0420. The highest BCUT2D eigenvalue weighted by molar-refractivity contribution is 5.80. The number of carbonyl (C=O) groups is 2. The summed E-state index contributed by atoms with van der Waals surface area (Å²) in [7, 11) is 0. The Morgan fingerprint density at radius 2 is 1.30 bits per heavy atom. The normalized spacial score (nSPS) is 55.0. The van der Waals surface area contributed by atoms with Crippen LogP contribution in [-0.4, -0.2) is 204 Å². The second-order valence-corrected chi connectivity index (χ2v) is 22.6. The fourth-order valence-electron chi connectivity index (χ4n) is 14.8. The van der Waals surface area contributed by atoms with Crippen LogP contribution >= 0.6 is 0 Å². The van der Waals surface area contributed by atoms with Crippen molar-refractivity contribution < 1.29 is 104 Å². The average molecular weight is 987 g/mol. The molecule has 2 bridgehead atoms. The molecule has 5 aliphatic heterocycles. The van der Waals surface area contributed by atoms with Gasteiger partial charge in [-0.3, -0.25) is 9.59 Å². The Morgan fingerprint density at radius 1 is 0.710 bits per heavy atom. The van der Waals surface area contributed by atoms with Gasteiger partial charge in [0.1, 0.15) is 85.5 Å². The number of fused-ring (bicyclic) bond motifs is 8. The Balaban J connectivity index is 0.960. The number of rotatable bonds is 11. The predicted octanol–water partition coefficient (Wildman–Crippen LogP) is -1.97. The Kier molecular flexibility index (Phi) is 14.3. The quantitative estimate of drug-likeness (QED) is 0.0790. The van der Waals surface area contributed by atoms with Gasteiger partial charge in [-0.1, -0.05) is 25.5 Å². The molecule has 5 heterocycles. The molecule has 5 saturated heterocycles. The molecule has 21 nitrogen and oxygen atoms in total.